The van der Waals surface area contributed by atoms with Gasteiger partial charge >= 0.3 is 0 Å². The molecule has 0 bridgehead atoms. The summed E-state index contributed by atoms with van der Waals surface area (Å²) in [5, 5.41) is 16.2. The summed E-state index contributed by atoms with van der Waals surface area (Å²) in [5.74, 6) is 0.900. The quantitative estimate of drug-likeness (QED) is 0.164. The van der Waals surface area contributed by atoms with Crippen LogP contribution >= 0.6 is 11.6 Å². The molecule has 4 aliphatic heterocycles. The topological polar surface area (TPSA) is 148 Å². The van der Waals surface area contributed by atoms with E-state index in [2.05, 4.69) is 84.5 Å². The lowest BCUT2D eigenvalue weighted by Crippen LogP contribution is -2.74. The minimum atomic E-state index is -0.653. The molecule has 1 saturated carbocycles. The summed E-state index contributed by atoms with van der Waals surface area (Å²) in [4.78, 5) is 57.5. The molecule has 1 aromatic heterocycles. The molecule has 9 rings (SSSR count). The summed E-state index contributed by atoms with van der Waals surface area (Å²) >= 11 is 6.26. The van der Waals surface area contributed by atoms with Gasteiger partial charge in [0.05, 0.1) is 17.1 Å². The molecule has 0 radical (unpaired) electrons. The van der Waals surface area contributed by atoms with Gasteiger partial charge in [0, 0.05) is 71.2 Å². The molecule has 1 aliphatic carbocycles. The molecule has 13 heteroatoms. The molecule has 1 atom stereocenters. The van der Waals surface area contributed by atoms with Gasteiger partial charge < -0.3 is 29.2 Å². The molecule has 4 fully saturated rings. The van der Waals surface area contributed by atoms with Crippen molar-refractivity contribution < 1.29 is 28.3 Å². The Morgan fingerprint density at radius 2 is 1.66 bits per heavy atom. The number of anilines is 1. The van der Waals surface area contributed by atoms with E-state index in [1.807, 2.05) is 12.1 Å². The Kier molecular flexibility index (Phi) is 10.6. The van der Waals surface area contributed by atoms with Gasteiger partial charge in [-0.2, -0.15) is 5.26 Å². The number of amides is 4. The normalized spacial score (nSPS) is 24.3. The van der Waals surface area contributed by atoms with Crippen molar-refractivity contribution in [1.29, 1.82) is 5.26 Å². The average Bonchev–Trinajstić information content (AvgIpc) is 3.77. The van der Waals surface area contributed by atoms with Gasteiger partial charge in [-0.25, -0.2) is 0 Å². The van der Waals surface area contributed by atoms with E-state index in [1.54, 1.807) is 18.2 Å². The largest absolute Gasteiger partial charge is 0.489 e. The smallest absolute Gasteiger partial charge is 0.290 e. The fourth-order valence-electron chi connectivity index (χ4n) is 11.2. The van der Waals surface area contributed by atoms with Crippen molar-refractivity contribution in [2.45, 2.75) is 96.9 Å². The highest BCUT2D eigenvalue weighted by Crippen LogP contribution is 2.55. The predicted molar refractivity (Wildman–Crippen MR) is 231 cm³/mol. The van der Waals surface area contributed by atoms with Gasteiger partial charge in [-0.15, -0.1) is 0 Å². The first kappa shape index (κ1) is 41.0. The molecule has 5 aliphatic rings. The highest BCUT2D eigenvalue weighted by Gasteiger charge is 2.64. The number of hydrogen-bond acceptors (Lipinski definition) is 9. The van der Waals surface area contributed by atoms with Gasteiger partial charge in [0.25, 0.3) is 11.8 Å². The van der Waals surface area contributed by atoms with E-state index in [4.69, 9.17) is 20.8 Å². The van der Waals surface area contributed by atoms with Gasteiger partial charge in [0.2, 0.25) is 11.8 Å². The highest BCUT2D eigenvalue weighted by molar-refractivity contribution is 6.31. The number of hydrogen-bond donors (Lipinski definition) is 2. The van der Waals surface area contributed by atoms with E-state index < -0.39 is 11.9 Å². The van der Waals surface area contributed by atoms with Crippen LogP contribution < -0.4 is 20.3 Å². The molecule has 318 valence electrons. The first-order valence-electron chi connectivity index (χ1n) is 21.7. The Morgan fingerprint density at radius 3 is 2.33 bits per heavy atom. The zero-order chi connectivity index (χ0) is 42.8. The molecule has 4 aromatic rings. The molecule has 4 amide bonds. The number of benzene rings is 3. The number of likely N-dealkylation sites (tertiary alicyclic amines) is 1. The van der Waals surface area contributed by atoms with E-state index in [-0.39, 0.29) is 47.1 Å². The fraction of sp³-hybridized carbons (Fsp3) is 0.479. The van der Waals surface area contributed by atoms with Crippen molar-refractivity contribution in [1.82, 2.24) is 20.4 Å². The number of piperidine rings is 3. The summed E-state index contributed by atoms with van der Waals surface area (Å²) in [6.07, 6.45) is 4.80. The van der Waals surface area contributed by atoms with Crippen LogP contribution in [0, 0.1) is 28.1 Å². The van der Waals surface area contributed by atoms with Crippen LogP contribution in [0.3, 0.4) is 0 Å². The minimum absolute atomic E-state index is 0.0959. The Hall–Kier alpha value is -5.38. The van der Waals surface area contributed by atoms with Crippen LogP contribution in [0.5, 0.6) is 5.75 Å². The van der Waals surface area contributed by atoms with Gasteiger partial charge in [-0.1, -0.05) is 51.4 Å². The molecule has 3 saturated heterocycles. The SMILES string of the molecule is CC1(C)[C@H](NC(=O)c2ccc(N3CCC(CN4CCC(c5ccc6c7c(oc6c5)C(=O)N(C5CCC(=O)NC5=O)C7)CC4)CC3)cc2)C(C)(C)[C@H]1Oc1ccc(C#N)c(Cl)c1. The van der Waals surface area contributed by atoms with E-state index in [9.17, 15) is 24.4 Å². The maximum absolute atomic E-state index is 13.5. The average molecular weight is 845 g/mol. The van der Waals surface area contributed by atoms with Crippen LogP contribution in [-0.2, 0) is 16.1 Å². The Bertz CT molecular complexity index is 2420. The second-order valence-electron chi connectivity index (χ2n) is 18.9. The number of carbonyl (C=O) groups excluding carboxylic acids is 4. The lowest BCUT2D eigenvalue weighted by atomic mass is 9.49. The van der Waals surface area contributed by atoms with Crippen LogP contribution in [0.2, 0.25) is 5.02 Å². The summed E-state index contributed by atoms with van der Waals surface area (Å²) in [7, 11) is 0. The molecule has 2 N–H and O–H groups in total. The Morgan fingerprint density at radius 1 is 0.934 bits per heavy atom. The minimum Gasteiger partial charge on any atom is -0.489 e. The third kappa shape index (κ3) is 7.54. The van der Waals surface area contributed by atoms with Crippen molar-refractivity contribution in [3.63, 3.8) is 0 Å². The molecular weight excluding hydrogens is 792 g/mol. The molecule has 12 nitrogen and oxygen atoms in total. The molecule has 1 unspecified atom stereocenters. The molecule has 0 spiro atoms. The summed E-state index contributed by atoms with van der Waals surface area (Å²) in [5.41, 5.74) is 4.30. The fourth-order valence-corrected chi connectivity index (χ4v) is 11.4. The third-order valence-electron chi connectivity index (χ3n) is 14.3. The molecule has 61 heavy (non-hydrogen) atoms. The summed E-state index contributed by atoms with van der Waals surface area (Å²) < 4.78 is 12.5. The van der Waals surface area contributed by atoms with E-state index >= 15 is 0 Å². The predicted octanol–water partition coefficient (Wildman–Crippen LogP) is 7.43. The first-order valence-corrected chi connectivity index (χ1v) is 22.0. The van der Waals surface area contributed by atoms with Crippen LogP contribution in [-0.4, -0.2) is 84.3 Å². The van der Waals surface area contributed by atoms with Crippen molar-refractivity contribution in [2.75, 3.05) is 37.6 Å². The zero-order valence-corrected chi connectivity index (χ0v) is 36.0. The monoisotopic (exact) mass is 844 g/mol. The van der Waals surface area contributed by atoms with Crippen molar-refractivity contribution in [2.24, 2.45) is 16.7 Å². The van der Waals surface area contributed by atoms with E-state index in [0.717, 1.165) is 80.6 Å². The van der Waals surface area contributed by atoms with Crippen LogP contribution in [0.25, 0.3) is 11.0 Å². The number of fused-ring (bicyclic) bond motifs is 3. The second kappa shape index (κ2) is 15.8. The summed E-state index contributed by atoms with van der Waals surface area (Å²) in [6.45, 7) is 13.9. The second-order valence-corrected chi connectivity index (χ2v) is 19.3. The van der Waals surface area contributed by atoms with Gasteiger partial charge in [0.1, 0.15) is 29.5 Å². The number of ether oxygens (including phenoxy) is 1. The molecule has 3 aromatic carbocycles. The molecular formula is C48H53ClN6O6. The number of carbonyl (C=O) groups is 4. The Balaban J connectivity index is 0.727. The van der Waals surface area contributed by atoms with Crippen molar-refractivity contribution in [3.8, 4) is 11.8 Å². The number of furan rings is 1. The van der Waals surface area contributed by atoms with Gasteiger partial charge in [-0.05, 0) is 105 Å². The standard InChI is InChI=1S/C48H53ClN6O6/c1-47(2)45(48(3,4)46(47)60-34-11-7-32(25-50)37(49)24-34)52-42(57)30-5-9-33(10-6-30)54-21-15-28(16-22-54)26-53-19-17-29(18-20-53)31-8-12-35-36-27-55(38-13-14-40(56)51-43(38)58)44(59)41(36)61-39(35)23-31/h5-12,23-24,28-29,38,45-46H,13-22,26-27H2,1-4H3,(H,52,57)(H,51,56,58)/t38?,45-,46-. The van der Waals surface area contributed by atoms with Gasteiger partial charge in [0.15, 0.2) is 5.76 Å². The van der Waals surface area contributed by atoms with E-state index in [0.29, 0.717) is 52.5 Å². The number of nitriles is 1. The van der Waals surface area contributed by atoms with E-state index in [1.165, 1.54) is 10.5 Å². The maximum Gasteiger partial charge on any atom is 0.290 e. The lowest BCUT2D eigenvalue weighted by Gasteiger charge is -2.63. The van der Waals surface area contributed by atoms with Crippen LogP contribution in [0.4, 0.5) is 5.69 Å². The number of nitrogens with zero attached hydrogens (tertiary/aromatic N) is 4. The lowest BCUT2D eigenvalue weighted by molar-refractivity contribution is -0.164. The highest BCUT2D eigenvalue weighted by atomic mass is 35.5. The maximum atomic E-state index is 13.5. The number of rotatable bonds is 9. The number of halogens is 1. The summed E-state index contributed by atoms with van der Waals surface area (Å²) in [6, 6.07) is 20.8. The number of imide groups is 1. The van der Waals surface area contributed by atoms with Crippen molar-refractivity contribution >= 4 is 51.9 Å². The molecule has 5 heterocycles. The van der Waals surface area contributed by atoms with Crippen LogP contribution in [0.15, 0.2) is 65.1 Å². The van der Waals surface area contributed by atoms with Crippen molar-refractivity contribution in [3.05, 3.63) is 93.7 Å². The Labute approximate surface area is 361 Å². The zero-order valence-electron chi connectivity index (χ0n) is 35.3. The third-order valence-corrected chi connectivity index (χ3v) is 14.6. The van der Waals surface area contributed by atoms with Crippen LogP contribution in [0.1, 0.15) is 110 Å². The number of nitrogens with one attached hydrogen (secondary N) is 2. The van der Waals surface area contributed by atoms with Gasteiger partial charge in [-0.3, -0.25) is 24.5 Å². The first-order chi connectivity index (χ1) is 29.2.